The second-order valence-corrected chi connectivity index (χ2v) is 8.34. The number of rotatable bonds is 9. The van der Waals surface area contributed by atoms with Crippen LogP contribution in [-0.4, -0.2) is 55.7 Å². The molecule has 0 fully saturated rings. The topological polar surface area (TPSA) is 56.6 Å². The molecule has 2 rings (SSSR count). The van der Waals surface area contributed by atoms with Crippen molar-refractivity contribution in [2.24, 2.45) is 0 Å². The summed E-state index contributed by atoms with van der Waals surface area (Å²) in [6, 6.07) is 20.5. The first-order valence-corrected chi connectivity index (χ1v) is 10.8. The van der Waals surface area contributed by atoms with E-state index in [1.54, 1.807) is 7.05 Å². The molecule has 0 bridgehead atoms. The summed E-state index contributed by atoms with van der Waals surface area (Å²) in [5.74, 6) is 0.604. The maximum Gasteiger partial charge on any atom is 1.00 e. The van der Waals surface area contributed by atoms with Gasteiger partial charge in [0, 0.05) is 19.1 Å². The molecule has 0 saturated heterocycles. The van der Waals surface area contributed by atoms with Gasteiger partial charge in [0.15, 0.2) is 0 Å². The summed E-state index contributed by atoms with van der Waals surface area (Å²) in [5.41, 5.74) is 9.14. The van der Waals surface area contributed by atoms with E-state index >= 15 is 0 Å². The fourth-order valence-electron chi connectivity index (χ4n) is 3.73. The van der Waals surface area contributed by atoms with Gasteiger partial charge in [0.25, 0.3) is 0 Å². The summed E-state index contributed by atoms with van der Waals surface area (Å²) >= 11 is 0. The van der Waals surface area contributed by atoms with Crippen LogP contribution in [0.2, 0.25) is 0 Å². The van der Waals surface area contributed by atoms with Gasteiger partial charge in [-0.3, -0.25) is 0 Å². The first-order valence-electron chi connectivity index (χ1n) is 10.8. The third-order valence-electron chi connectivity index (χ3n) is 6.14. The van der Waals surface area contributed by atoms with Crippen molar-refractivity contribution in [3.8, 4) is 0 Å². The van der Waals surface area contributed by atoms with E-state index in [4.69, 9.17) is 10.5 Å². The number of carbonyl (C=O) groups excluding carboxylic acids is 1. The maximum atomic E-state index is 13.0. The van der Waals surface area contributed by atoms with E-state index in [2.05, 4.69) is 50.2 Å². The molecule has 0 saturated carbocycles. The first-order chi connectivity index (χ1) is 14.8. The van der Waals surface area contributed by atoms with E-state index in [1.807, 2.05) is 56.3 Å². The van der Waals surface area contributed by atoms with Crippen molar-refractivity contribution < 1.29 is 31.9 Å². The summed E-state index contributed by atoms with van der Waals surface area (Å²) in [7, 11) is 5.82. The molecule has 0 radical (unpaired) electrons. The Hall–Kier alpha value is -1.89. The predicted octanol–water partition coefficient (Wildman–Crippen LogP) is 5.72. The Bertz CT molecular complexity index is 816. The molecule has 2 unspecified atom stereocenters. The Morgan fingerprint density at radius 3 is 1.81 bits per heavy atom. The van der Waals surface area contributed by atoms with Crippen LogP contribution in [0.5, 0.6) is 0 Å². The van der Waals surface area contributed by atoms with Crippen LogP contribution < -0.4 is 0 Å². The fourth-order valence-corrected chi connectivity index (χ4v) is 3.73. The van der Waals surface area contributed by atoms with Gasteiger partial charge in [-0.2, -0.15) is 0 Å². The SMILES string of the molecule is C/C=C(\OC(=O)N(C)C(C)C[NH-])C(CC(C)N(C)C)(c1ccccc1)c1ccccc1.[Ag+]. The van der Waals surface area contributed by atoms with Gasteiger partial charge in [0.1, 0.15) is 5.76 Å². The first kappa shape index (κ1) is 28.1. The molecular formula is C26H36AgN3O2. The van der Waals surface area contributed by atoms with Crippen LogP contribution in [0.15, 0.2) is 72.5 Å². The molecule has 5 nitrogen and oxygen atoms in total. The Morgan fingerprint density at radius 1 is 0.969 bits per heavy atom. The van der Waals surface area contributed by atoms with Gasteiger partial charge >= 0.3 is 28.5 Å². The average Bonchev–Trinajstić information content (AvgIpc) is 2.80. The van der Waals surface area contributed by atoms with Gasteiger partial charge in [0.2, 0.25) is 0 Å². The fraction of sp³-hybridized carbons (Fsp3) is 0.423. The van der Waals surface area contributed by atoms with E-state index in [0.29, 0.717) is 5.76 Å². The Labute approximate surface area is 209 Å². The number of hydrogen-bond donors (Lipinski definition) is 0. The van der Waals surface area contributed by atoms with Crippen molar-refractivity contribution in [2.45, 2.75) is 44.7 Å². The molecule has 0 aliphatic carbocycles. The van der Waals surface area contributed by atoms with Crippen LogP contribution in [0.3, 0.4) is 0 Å². The number of ether oxygens (including phenoxy) is 1. The van der Waals surface area contributed by atoms with Crippen LogP contribution in [0, 0.1) is 0 Å². The second-order valence-electron chi connectivity index (χ2n) is 8.34. The quantitative estimate of drug-likeness (QED) is 0.308. The number of benzene rings is 2. The van der Waals surface area contributed by atoms with Crippen molar-refractivity contribution in [3.63, 3.8) is 0 Å². The van der Waals surface area contributed by atoms with Crippen molar-refractivity contribution in [2.75, 3.05) is 27.7 Å². The Morgan fingerprint density at radius 2 is 1.44 bits per heavy atom. The molecule has 0 heterocycles. The molecule has 0 aliphatic heterocycles. The molecule has 32 heavy (non-hydrogen) atoms. The van der Waals surface area contributed by atoms with E-state index in [1.165, 1.54) is 4.90 Å². The molecule has 178 valence electrons. The van der Waals surface area contributed by atoms with Crippen molar-refractivity contribution in [1.29, 1.82) is 0 Å². The van der Waals surface area contributed by atoms with Gasteiger partial charge in [0.05, 0.1) is 5.41 Å². The van der Waals surface area contributed by atoms with Crippen molar-refractivity contribution in [3.05, 3.63) is 89.4 Å². The van der Waals surface area contributed by atoms with Crippen LogP contribution in [0.4, 0.5) is 4.79 Å². The van der Waals surface area contributed by atoms with Gasteiger partial charge < -0.3 is 20.3 Å². The third-order valence-corrected chi connectivity index (χ3v) is 6.14. The van der Waals surface area contributed by atoms with Gasteiger partial charge in [-0.25, -0.2) is 4.79 Å². The number of nitrogens with one attached hydrogen (secondary N) is 1. The zero-order valence-electron chi connectivity index (χ0n) is 19.9. The number of carbonyl (C=O) groups is 1. The van der Waals surface area contributed by atoms with Crippen LogP contribution in [0.25, 0.3) is 5.73 Å². The number of nitrogens with zero attached hydrogens (tertiary/aromatic N) is 2. The molecular weight excluding hydrogens is 494 g/mol. The van der Waals surface area contributed by atoms with Gasteiger partial charge in [-0.1, -0.05) is 60.7 Å². The number of likely N-dealkylation sites (N-methyl/N-ethyl adjacent to an activating group) is 1. The van der Waals surface area contributed by atoms with Crippen LogP contribution in [0.1, 0.15) is 38.3 Å². The average molecular weight is 530 g/mol. The molecule has 1 amide bonds. The van der Waals surface area contributed by atoms with Crippen molar-refractivity contribution >= 4 is 6.09 Å². The predicted molar refractivity (Wildman–Crippen MR) is 128 cm³/mol. The zero-order valence-corrected chi connectivity index (χ0v) is 21.4. The standard InChI is InChI=1S/C26H36N3O2.Ag/c1-7-24(31-25(30)29(6)21(3)19-27)26(18-20(2)28(4)5,22-14-10-8-11-15-22)23-16-12-9-13-17-23;/h7-17,20-21,27H,18-19H2,1-6H3;/q-1;+1/b24-7-;. The zero-order chi connectivity index (χ0) is 23.0. The Kier molecular flexibility index (Phi) is 11.4. The molecule has 2 aromatic rings. The molecule has 0 aliphatic rings. The normalized spacial score (nSPS) is 13.8. The minimum absolute atomic E-state index is 0. The smallest absolute Gasteiger partial charge is 0.676 e. The summed E-state index contributed by atoms with van der Waals surface area (Å²) in [6.07, 6.45) is 2.19. The number of amides is 1. The monoisotopic (exact) mass is 529 g/mol. The molecule has 2 atom stereocenters. The summed E-state index contributed by atoms with van der Waals surface area (Å²) in [5, 5.41) is 0. The van der Waals surface area contributed by atoms with E-state index in [-0.39, 0.29) is 41.0 Å². The van der Waals surface area contributed by atoms with E-state index < -0.39 is 11.5 Å². The third kappa shape index (κ3) is 6.33. The second kappa shape index (κ2) is 13.0. The van der Waals surface area contributed by atoms with E-state index in [0.717, 1.165) is 17.5 Å². The molecule has 2 aromatic carbocycles. The van der Waals surface area contributed by atoms with Gasteiger partial charge in [-0.05, 0) is 58.5 Å². The number of hydrogen-bond acceptors (Lipinski definition) is 3. The molecule has 0 spiro atoms. The maximum absolute atomic E-state index is 13.0. The largest absolute Gasteiger partial charge is 1.00 e. The summed E-state index contributed by atoms with van der Waals surface area (Å²) in [4.78, 5) is 16.7. The summed E-state index contributed by atoms with van der Waals surface area (Å²) < 4.78 is 6.09. The molecule has 1 N–H and O–H groups in total. The minimum atomic E-state index is -0.637. The van der Waals surface area contributed by atoms with E-state index in [9.17, 15) is 4.79 Å². The van der Waals surface area contributed by atoms with Gasteiger partial charge in [-0.15, -0.1) is 6.54 Å². The summed E-state index contributed by atoms with van der Waals surface area (Å²) in [6.45, 7) is 6.07. The van der Waals surface area contributed by atoms with Crippen LogP contribution >= 0.6 is 0 Å². The number of allylic oxidation sites excluding steroid dienone is 2. The molecule has 6 heteroatoms. The van der Waals surface area contributed by atoms with Crippen LogP contribution in [-0.2, 0) is 32.5 Å². The van der Waals surface area contributed by atoms with Crippen molar-refractivity contribution in [1.82, 2.24) is 9.80 Å². The molecule has 0 aromatic heterocycles. The Balaban J connectivity index is 0.00000512. The minimum Gasteiger partial charge on any atom is -0.676 e.